The van der Waals surface area contributed by atoms with Gasteiger partial charge >= 0.3 is 0 Å². The van der Waals surface area contributed by atoms with Gasteiger partial charge in [-0.2, -0.15) is 0 Å². The summed E-state index contributed by atoms with van der Waals surface area (Å²) >= 11 is 0. The van der Waals surface area contributed by atoms with Crippen molar-refractivity contribution in [2.24, 2.45) is 0 Å². The largest absolute Gasteiger partial charge is 0.369 e. The molecular weight excluding hydrogens is 538 g/mol. The SMILES string of the molecule is C/C=C(\c1cccc(CCCC)c1C)c1nc(Nc2cc([N+](=O)[O-])c(N(C)CCN(C)C)cc2C)ncc1N1CCCC1. The molecule has 0 spiro atoms. The van der Waals surface area contributed by atoms with Gasteiger partial charge in [-0.25, -0.2) is 9.97 Å². The Morgan fingerprint density at radius 3 is 2.53 bits per heavy atom. The zero-order chi connectivity index (χ0) is 31.1. The Morgan fingerprint density at radius 2 is 1.88 bits per heavy atom. The highest BCUT2D eigenvalue weighted by atomic mass is 16.6. The second-order valence-electron chi connectivity index (χ2n) is 11.8. The molecule has 0 amide bonds. The Bertz CT molecular complexity index is 1460. The summed E-state index contributed by atoms with van der Waals surface area (Å²) in [6.07, 6.45) is 9.72. The van der Waals surface area contributed by atoms with Crippen LogP contribution in [-0.4, -0.2) is 67.1 Å². The summed E-state index contributed by atoms with van der Waals surface area (Å²) in [5, 5.41) is 15.5. The Hall–Kier alpha value is -3.98. The molecule has 0 saturated carbocycles. The predicted molar refractivity (Wildman–Crippen MR) is 179 cm³/mol. The van der Waals surface area contributed by atoms with Gasteiger partial charge in [-0.1, -0.05) is 37.6 Å². The summed E-state index contributed by atoms with van der Waals surface area (Å²) in [6, 6.07) is 10.0. The summed E-state index contributed by atoms with van der Waals surface area (Å²) in [5.41, 5.74) is 8.96. The Kier molecular flexibility index (Phi) is 10.7. The van der Waals surface area contributed by atoms with E-state index in [4.69, 9.17) is 9.97 Å². The van der Waals surface area contributed by atoms with Gasteiger partial charge in [0.1, 0.15) is 5.69 Å². The van der Waals surface area contributed by atoms with Crippen molar-refractivity contribution in [3.8, 4) is 0 Å². The number of aryl methyl sites for hydroxylation is 2. The van der Waals surface area contributed by atoms with Gasteiger partial charge in [-0.3, -0.25) is 10.1 Å². The molecule has 1 aliphatic rings. The molecule has 43 heavy (non-hydrogen) atoms. The van der Waals surface area contributed by atoms with Crippen LogP contribution in [0.5, 0.6) is 0 Å². The normalized spacial score (nSPS) is 13.6. The van der Waals surface area contributed by atoms with Gasteiger partial charge in [0.05, 0.1) is 28.2 Å². The van der Waals surface area contributed by atoms with Gasteiger partial charge in [0.25, 0.3) is 5.69 Å². The van der Waals surface area contributed by atoms with Crippen LogP contribution >= 0.6 is 0 Å². The van der Waals surface area contributed by atoms with Gasteiger partial charge < -0.3 is 20.0 Å². The van der Waals surface area contributed by atoms with Crippen LogP contribution in [0.15, 0.2) is 42.6 Å². The molecule has 0 unspecified atom stereocenters. The number of nitro benzene ring substituents is 1. The van der Waals surface area contributed by atoms with Crippen molar-refractivity contribution >= 4 is 34.3 Å². The van der Waals surface area contributed by atoms with Gasteiger partial charge in [0, 0.05) is 44.9 Å². The van der Waals surface area contributed by atoms with E-state index in [9.17, 15) is 10.1 Å². The number of hydrogen-bond donors (Lipinski definition) is 1. The lowest BCUT2D eigenvalue weighted by Gasteiger charge is -2.24. The van der Waals surface area contributed by atoms with Crippen molar-refractivity contribution in [1.82, 2.24) is 14.9 Å². The Morgan fingerprint density at radius 1 is 1.14 bits per heavy atom. The number of likely N-dealkylation sites (N-methyl/N-ethyl adjacent to an activating group) is 2. The van der Waals surface area contributed by atoms with E-state index in [1.54, 1.807) is 6.07 Å². The fraction of sp³-hybridized carbons (Fsp3) is 0.471. The summed E-state index contributed by atoms with van der Waals surface area (Å²) in [6.45, 7) is 11.9. The second-order valence-corrected chi connectivity index (χ2v) is 11.8. The van der Waals surface area contributed by atoms with Gasteiger partial charge in [-0.05, 0) is 88.9 Å². The van der Waals surface area contributed by atoms with E-state index < -0.39 is 0 Å². The van der Waals surface area contributed by atoms with Crippen molar-refractivity contribution < 1.29 is 4.92 Å². The van der Waals surface area contributed by atoms with E-state index in [0.29, 0.717) is 23.9 Å². The number of rotatable bonds is 13. The monoisotopic (exact) mass is 585 g/mol. The van der Waals surface area contributed by atoms with Gasteiger partial charge in [0.15, 0.2) is 0 Å². The molecular formula is C34H47N7O2. The van der Waals surface area contributed by atoms with Crippen LogP contribution in [0.3, 0.4) is 0 Å². The smallest absolute Gasteiger partial charge is 0.294 e. The third kappa shape index (κ3) is 7.51. The molecule has 2 heterocycles. The van der Waals surface area contributed by atoms with Crippen LogP contribution in [0.2, 0.25) is 0 Å². The van der Waals surface area contributed by atoms with E-state index in [-0.39, 0.29) is 10.6 Å². The number of nitrogens with zero attached hydrogens (tertiary/aromatic N) is 6. The molecule has 2 aromatic carbocycles. The molecule has 1 aliphatic heterocycles. The van der Waals surface area contributed by atoms with Crippen LogP contribution in [0.1, 0.15) is 67.5 Å². The first-order chi connectivity index (χ1) is 20.6. The second kappa shape index (κ2) is 14.5. The molecule has 0 aliphatic carbocycles. The topological polar surface area (TPSA) is 90.7 Å². The summed E-state index contributed by atoms with van der Waals surface area (Å²) in [5.74, 6) is 0.420. The lowest BCUT2D eigenvalue weighted by atomic mass is 9.91. The molecule has 1 fully saturated rings. The zero-order valence-electron chi connectivity index (χ0n) is 26.9. The van der Waals surface area contributed by atoms with Crippen LogP contribution < -0.4 is 15.1 Å². The van der Waals surface area contributed by atoms with E-state index in [2.05, 4.69) is 60.2 Å². The minimum atomic E-state index is -0.318. The molecule has 3 aromatic rings. The van der Waals surface area contributed by atoms with Gasteiger partial charge in [-0.15, -0.1) is 0 Å². The highest BCUT2D eigenvalue weighted by molar-refractivity contribution is 5.86. The summed E-state index contributed by atoms with van der Waals surface area (Å²) in [7, 11) is 5.88. The molecule has 0 bridgehead atoms. The molecule has 9 heteroatoms. The minimum absolute atomic E-state index is 0.0527. The van der Waals surface area contributed by atoms with E-state index in [0.717, 1.165) is 74.3 Å². The van der Waals surface area contributed by atoms with Gasteiger partial charge in [0.2, 0.25) is 5.95 Å². The van der Waals surface area contributed by atoms with Crippen LogP contribution in [0.4, 0.5) is 28.7 Å². The van der Waals surface area contributed by atoms with E-state index >= 15 is 0 Å². The summed E-state index contributed by atoms with van der Waals surface area (Å²) < 4.78 is 0. The minimum Gasteiger partial charge on any atom is -0.369 e. The number of anilines is 4. The van der Waals surface area contributed by atoms with Crippen LogP contribution in [0, 0.1) is 24.0 Å². The number of nitrogens with one attached hydrogen (secondary N) is 1. The average Bonchev–Trinajstić information content (AvgIpc) is 3.52. The highest BCUT2D eigenvalue weighted by Gasteiger charge is 2.24. The van der Waals surface area contributed by atoms with Crippen LogP contribution in [0.25, 0.3) is 5.57 Å². The van der Waals surface area contributed by atoms with Crippen molar-refractivity contribution in [3.05, 3.63) is 80.7 Å². The molecule has 1 N–H and O–H groups in total. The van der Waals surface area contributed by atoms with E-state index in [1.807, 2.05) is 45.2 Å². The number of nitro groups is 1. The molecule has 0 radical (unpaired) electrons. The predicted octanol–water partition coefficient (Wildman–Crippen LogP) is 7.14. The number of hydrogen-bond acceptors (Lipinski definition) is 8. The quantitative estimate of drug-likeness (QED) is 0.167. The van der Waals surface area contributed by atoms with E-state index in [1.165, 1.54) is 16.7 Å². The van der Waals surface area contributed by atoms with Crippen molar-refractivity contribution in [3.63, 3.8) is 0 Å². The number of aromatic nitrogens is 2. The number of unbranched alkanes of at least 4 members (excludes halogenated alkanes) is 1. The third-order valence-electron chi connectivity index (χ3n) is 8.35. The van der Waals surface area contributed by atoms with Crippen molar-refractivity contribution in [1.29, 1.82) is 0 Å². The number of benzene rings is 2. The maximum Gasteiger partial charge on any atom is 0.294 e. The molecule has 9 nitrogen and oxygen atoms in total. The molecule has 0 atom stereocenters. The average molecular weight is 586 g/mol. The first-order valence-electron chi connectivity index (χ1n) is 15.4. The number of allylic oxidation sites excluding steroid dienone is 1. The molecule has 4 rings (SSSR count). The lowest BCUT2D eigenvalue weighted by Crippen LogP contribution is -2.29. The molecule has 230 valence electrons. The van der Waals surface area contributed by atoms with Crippen molar-refractivity contribution in [2.45, 2.75) is 59.8 Å². The fourth-order valence-electron chi connectivity index (χ4n) is 5.72. The molecule has 1 aromatic heterocycles. The van der Waals surface area contributed by atoms with Crippen molar-refractivity contribution in [2.75, 3.05) is 62.4 Å². The maximum absolute atomic E-state index is 12.1. The maximum atomic E-state index is 12.1. The Labute approximate surface area is 256 Å². The first kappa shape index (κ1) is 31.9. The first-order valence-corrected chi connectivity index (χ1v) is 15.4. The third-order valence-corrected chi connectivity index (χ3v) is 8.35. The Balaban J connectivity index is 1.75. The fourth-order valence-corrected chi connectivity index (χ4v) is 5.72. The summed E-state index contributed by atoms with van der Waals surface area (Å²) in [4.78, 5) is 28.0. The molecule has 1 saturated heterocycles. The van der Waals surface area contributed by atoms with Crippen LogP contribution in [-0.2, 0) is 6.42 Å². The highest BCUT2D eigenvalue weighted by Crippen LogP contribution is 2.37. The lowest BCUT2D eigenvalue weighted by molar-refractivity contribution is -0.384. The zero-order valence-corrected chi connectivity index (χ0v) is 26.9. The standard InChI is InChI=1S/C34H47N7O2/c1-8-10-14-26-15-13-16-28(25(26)4)27(9-2)33-32(40-17-11-12-18-40)23-35-34(37-33)36-29-22-31(41(42)43)30(21-24(29)3)39(7)20-19-38(5)6/h9,13,15-16,21-23H,8,10-12,14,17-20H2,1-7H3,(H,35,36,37)/b27-9+.